The number of carbonyl (C=O) groups is 3. The lowest BCUT2D eigenvalue weighted by molar-refractivity contribution is -0.119. The highest BCUT2D eigenvalue weighted by Gasteiger charge is 2.21. The number of amides is 2. The van der Waals surface area contributed by atoms with E-state index < -0.39 is 18.5 Å². The summed E-state index contributed by atoms with van der Waals surface area (Å²) in [5, 5.41) is 12.4. The zero-order chi connectivity index (χ0) is 20.1. The lowest BCUT2D eigenvalue weighted by Gasteiger charge is -2.16. The molecule has 2 aromatic carbocycles. The molecule has 3 rings (SSSR count). The number of aromatic hydroxyl groups is 1. The third-order valence-electron chi connectivity index (χ3n) is 4.30. The van der Waals surface area contributed by atoms with E-state index in [1.54, 1.807) is 29.2 Å². The summed E-state index contributed by atoms with van der Waals surface area (Å²) in [4.78, 5) is 37.4. The molecule has 2 amide bonds. The molecule has 0 aliphatic carbocycles. The molecule has 0 bridgehead atoms. The van der Waals surface area contributed by atoms with Crippen molar-refractivity contribution in [2.24, 2.45) is 0 Å². The van der Waals surface area contributed by atoms with Crippen molar-refractivity contribution in [1.82, 2.24) is 0 Å². The maximum absolute atomic E-state index is 12.0. The van der Waals surface area contributed by atoms with E-state index in [-0.39, 0.29) is 17.2 Å². The summed E-state index contributed by atoms with van der Waals surface area (Å²) < 4.78 is 9.87. The highest BCUT2D eigenvalue weighted by molar-refractivity contribution is 5.98. The van der Waals surface area contributed by atoms with Crippen LogP contribution in [0.4, 0.5) is 11.4 Å². The average Bonchev–Trinajstić information content (AvgIpc) is 3.12. The number of nitrogens with zero attached hydrogens (tertiary/aromatic N) is 1. The van der Waals surface area contributed by atoms with E-state index in [9.17, 15) is 19.5 Å². The monoisotopic (exact) mass is 384 g/mol. The third-order valence-corrected chi connectivity index (χ3v) is 4.30. The average molecular weight is 384 g/mol. The van der Waals surface area contributed by atoms with Crippen LogP contribution in [0.2, 0.25) is 0 Å². The van der Waals surface area contributed by atoms with Gasteiger partial charge in [-0.15, -0.1) is 0 Å². The van der Waals surface area contributed by atoms with Gasteiger partial charge in [-0.25, -0.2) is 4.79 Å². The van der Waals surface area contributed by atoms with Crippen LogP contribution >= 0.6 is 0 Å². The van der Waals surface area contributed by atoms with Gasteiger partial charge in [0.15, 0.2) is 6.61 Å². The number of esters is 1. The molecule has 8 nitrogen and oxygen atoms in total. The number of hydrogen-bond acceptors (Lipinski definition) is 6. The molecule has 1 saturated heterocycles. The second-order valence-electron chi connectivity index (χ2n) is 6.20. The predicted molar refractivity (Wildman–Crippen MR) is 102 cm³/mol. The van der Waals surface area contributed by atoms with Crippen molar-refractivity contribution < 1.29 is 29.0 Å². The molecule has 0 aromatic heterocycles. The van der Waals surface area contributed by atoms with Gasteiger partial charge in [0, 0.05) is 30.4 Å². The molecule has 1 aliphatic heterocycles. The lowest BCUT2D eigenvalue weighted by Crippen LogP contribution is -2.23. The number of benzene rings is 2. The molecule has 0 saturated carbocycles. The number of methoxy groups -OCH3 is 1. The number of rotatable bonds is 6. The topological polar surface area (TPSA) is 105 Å². The molecule has 0 spiro atoms. The molecule has 1 aliphatic rings. The van der Waals surface area contributed by atoms with Gasteiger partial charge in [-0.05, 0) is 42.8 Å². The van der Waals surface area contributed by atoms with Gasteiger partial charge in [-0.3, -0.25) is 9.59 Å². The fourth-order valence-corrected chi connectivity index (χ4v) is 2.86. The Morgan fingerprint density at radius 1 is 1.18 bits per heavy atom. The first kappa shape index (κ1) is 19.2. The van der Waals surface area contributed by atoms with E-state index in [1.165, 1.54) is 25.3 Å². The van der Waals surface area contributed by atoms with E-state index in [1.807, 2.05) is 0 Å². The minimum Gasteiger partial charge on any atom is -0.507 e. The number of phenols is 1. The molecule has 1 fully saturated rings. The fourth-order valence-electron chi connectivity index (χ4n) is 2.86. The quantitative estimate of drug-likeness (QED) is 0.741. The zero-order valence-corrected chi connectivity index (χ0v) is 15.3. The van der Waals surface area contributed by atoms with Crippen molar-refractivity contribution in [3.8, 4) is 11.5 Å². The normalized spacial score (nSPS) is 13.3. The van der Waals surface area contributed by atoms with E-state index in [0.717, 1.165) is 12.1 Å². The van der Waals surface area contributed by atoms with E-state index >= 15 is 0 Å². The summed E-state index contributed by atoms with van der Waals surface area (Å²) in [5.41, 5.74) is 1.24. The lowest BCUT2D eigenvalue weighted by atomic mass is 10.2. The van der Waals surface area contributed by atoms with Crippen LogP contribution in [0, 0.1) is 0 Å². The maximum Gasteiger partial charge on any atom is 0.342 e. The maximum atomic E-state index is 12.0. The van der Waals surface area contributed by atoms with Gasteiger partial charge >= 0.3 is 5.97 Å². The summed E-state index contributed by atoms with van der Waals surface area (Å²) in [5.74, 6) is -1.15. The van der Waals surface area contributed by atoms with Crippen LogP contribution < -0.4 is 15.0 Å². The molecule has 0 radical (unpaired) electrons. The highest BCUT2D eigenvalue weighted by Crippen LogP contribution is 2.24. The Bertz CT molecular complexity index is 894. The summed E-state index contributed by atoms with van der Waals surface area (Å²) in [6.45, 7) is 0.190. The zero-order valence-electron chi connectivity index (χ0n) is 15.3. The van der Waals surface area contributed by atoms with Crippen LogP contribution in [-0.2, 0) is 14.3 Å². The SMILES string of the molecule is COc1ccc(C(=O)OCC(=O)Nc2ccc(N3CCCC3=O)cc2)c(O)c1. The number of hydrogen-bond donors (Lipinski definition) is 2. The van der Waals surface area contributed by atoms with Gasteiger partial charge in [-0.1, -0.05) is 0 Å². The number of ether oxygens (including phenoxy) is 2. The van der Waals surface area contributed by atoms with Gasteiger partial charge in [-0.2, -0.15) is 0 Å². The van der Waals surface area contributed by atoms with Crippen molar-refractivity contribution in [3.63, 3.8) is 0 Å². The Hall–Kier alpha value is -3.55. The van der Waals surface area contributed by atoms with E-state index in [2.05, 4.69) is 5.32 Å². The van der Waals surface area contributed by atoms with Gasteiger partial charge < -0.3 is 24.8 Å². The van der Waals surface area contributed by atoms with Crippen LogP contribution in [0.25, 0.3) is 0 Å². The second-order valence-corrected chi connectivity index (χ2v) is 6.20. The van der Waals surface area contributed by atoms with Gasteiger partial charge in [0.05, 0.1) is 7.11 Å². The Kier molecular flexibility index (Phi) is 5.78. The molecule has 146 valence electrons. The predicted octanol–water partition coefficient (Wildman–Crippen LogP) is 2.32. The van der Waals surface area contributed by atoms with Gasteiger partial charge in [0.1, 0.15) is 17.1 Å². The number of nitrogens with one attached hydrogen (secondary N) is 1. The molecular formula is C20H20N2O6. The molecule has 2 aromatic rings. The van der Waals surface area contributed by atoms with Crippen molar-refractivity contribution in [2.75, 3.05) is 30.5 Å². The number of anilines is 2. The molecule has 2 N–H and O–H groups in total. The van der Waals surface area contributed by atoms with Crippen LogP contribution in [0.1, 0.15) is 23.2 Å². The Morgan fingerprint density at radius 3 is 2.54 bits per heavy atom. The highest BCUT2D eigenvalue weighted by atomic mass is 16.5. The minimum absolute atomic E-state index is 0.0618. The Labute approximate surface area is 161 Å². The number of phenolic OH excluding ortho intramolecular Hbond substituents is 1. The second kappa shape index (κ2) is 8.43. The molecule has 0 unspecified atom stereocenters. The molecular weight excluding hydrogens is 364 g/mol. The van der Waals surface area contributed by atoms with Crippen LogP contribution in [0.5, 0.6) is 11.5 Å². The first-order valence-electron chi connectivity index (χ1n) is 8.72. The van der Waals surface area contributed by atoms with Crippen LogP contribution in [-0.4, -0.2) is 43.2 Å². The van der Waals surface area contributed by atoms with E-state index in [4.69, 9.17) is 9.47 Å². The van der Waals surface area contributed by atoms with E-state index in [0.29, 0.717) is 24.4 Å². The van der Waals surface area contributed by atoms with Crippen LogP contribution in [0.15, 0.2) is 42.5 Å². The van der Waals surface area contributed by atoms with Gasteiger partial charge in [0.2, 0.25) is 5.91 Å². The molecule has 8 heteroatoms. The summed E-state index contributed by atoms with van der Waals surface area (Å²) in [6.07, 6.45) is 1.39. The van der Waals surface area contributed by atoms with Crippen molar-refractivity contribution in [1.29, 1.82) is 0 Å². The van der Waals surface area contributed by atoms with Crippen LogP contribution in [0.3, 0.4) is 0 Å². The molecule has 28 heavy (non-hydrogen) atoms. The third kappa shape index (κ3) is 4.40. The smallest absolute Gasteiger partial charge is 0.342 e. The van der Waals surface area contributed by atoms with Gasteiger partial charge in [0.25, 0.3) is 5.91 Å². The summed E-state index contributed by atoms with van der Waals surface area (Å²) in [7, 11) is 1.44. The largest absolute Gasteiger partial charge is 0.507 e. The Balaban J connectivity index is 1.53. The molecule has 1 heterocycles. The van der Waals surface area contributed by atoms with Crippen molar-refractivity contribution >= 4 is 29.2 Å². The minimum atomic E-state index is -0.821. The molecule has 0 atom stereocenters. The summed E-state index contributed by atoms with van der Waals surface area (Å²) >= 11 is 0. The number of carbonyl (C=O) groups excluding carboxylic acids is 3. The Morgan fingerprint density at radius 2 is 1.93 bits per heavy atom. The fraction of sp³-hybridized carbons (Fsp3) is 0.250. The first-order chi connectivity index (χ1) is 13.5. The van der Waals surface area contributed by atoms with Crippen molar-refractivity contribution in [2.45, 2.75) is 12.8 Å². The first-order valence-corrected chi connectivity index (χ1v) is 8.72. The van der Waals surface area contributed by atoms with Crippen molar-refractivity contribution in [3.05, 3.63) is 48.0 Å². The summed E-state index contributed by atoms with van der Waals surface area (Å²) in [6, 6.07) is 11.0. The standard InChI is InChI=1S/C20H20N2O6/c1-27-15-8-9-16(17(23)11-15)20(26)28-12-18(24)21-13-4-6-14(7-5-13)22-10-2-3-19(22)25/h4-9,11,23H,2-3,10,12H2,1H3,(H,21,24).